The molecule has 0 unspecified atom stereocenters. The Labute approximate surface area is 157 Å². The monoisotopic (exact) mass is 410 g/mol. The second-order valence-corrected chi connectivity index (χ2v) is 7.74. The standard InChI is InChI=1S/C19H22BrClN2O/c1-24-19-6-5-16(12-18(19)20)14-23-9-7-22(8-10-23)13-15-3-2-4-17(21)11-15/h2-6,11-12H,7-10,13-14H2,1H3/p+2. The van der Waals surface area contributed by atoms with Gasteiger partial charge in [0.05, 0.1) is 11.6 Å². The third kappa shape index (κ3) is 4.73. The third-order valence-electron chi connectivity index (χ3n) is 4.68. The molecule has 3 rings (SSSR count). The number of quaternary nitrogens is 2. The summed E-state index contributed by atoms with van der Waals surface area (Å²) in [5.74, 6) is 0.893. The molecule has 1 aliphatic rings. The van der Waals surface area contributed by atoms with Gasteiger partial charge in [-0.15, -0.1) is 0 Å². The van der Waals surface area contributed by atoms with E-state index in [4.69, 9.17) is 16.3 Å². The Kier molecular flexibility index (Phi) is 6.17. The smallest absolute Gasteiger partial charge is 0.133 e. The maximum absolute atomic E-state index is 6.08. The van der Waals surface area contributed by atoms with E-state index in [0.29, 0.717) is 0 Å². The van der Waals surface area contributed by atoms with Crippen molar-refractivity contribution in [2.24, 2.45) is 0 Å². The molecule has 0 aliphatic carbocycles. The van der Waals surface area contributed by atoms with Crippen LogP contribution >= 0.6 is 27.5 Å². The molecule has 1 heterocycles. The topological polar surface area (TPSA) is 18.1 Å². The van der Waals surface area contributed by atoms with Gasteiger partial charge in [-0.3, -0.25) is 0 Å². The van der Waals surface area contributed by atoms with Crippen molar-refractivity contribution in [3.05, 3.63) is 63.1 Å². The fourth-order valence-corrected chi connectivity index (χ4v) is 4.16. The maximum Gasteiger partial charge on any atom is 0.133 e. The highest BCUT2D eigenvalue weighted by Crippen LogP contribution is 2.25. The lowest BCUT2D eigenvalue weighted by molar-refractivity contribution is -1.02. The lowest BCUT2D eigenvalue weighted by Gasteiger charge is -2.30. The van der Waals surface area contributed by atoms with Gasteiger partial charge in [-0.05, 0) is 46.3 Å². The summed E-state index contributed by atoms with van der Waals surface area (Å²) in [7, 11) is 1.70. The highest BCUT2D eigenvalue weighted by molar-refractivity contribution is 9.10. The Morgan fingerprint density at radius 3 is 2.12 bits per heavy atom. The Balaban J connectivity index is 1.51. The summed E-state index contributed by atoms with van der Waals surface area (Å²) in [5.41, 5.74) is 2.69. The minimum absolute atomic E-state index is 0.834. The molecule has 0 bridgehead atoms. The van der Waals surface area contributed by atoms with E-state index in [-0.39, 0.29) is 0 Å². The van der Waals surface area contributed by atoms with Crippen LogP contribution in [-0.2, 0) is 13.1 Å². The van der Waals surface area contributed by atoms with E-state index < -0.39 is 0 Å². The van der Waals surface area contributed by atoms with E-state index in [0.717, 1.165) is 28.3 Å². The normalized spacial score (nSPS) is 20.8. The predicted octanol–water partition coefficient (Wildman–Crippen LogP) is 1.59. The fraction of sp³-hybridized carbons (Fsp3) is 0.368. The van der Waals surface area contributed by atoms with Crippen molar-refractivity contribution in [3.63, 3.8) is 0 Å². The Hall–Kier alpha value is -1.07. The van der Waals surface area contributed by atoms with E-state index in [2.05, 4.69) is 40.2 Å². The van der Waals surface area contributed by atoms with E-state index >= 15 is 0 Å². The van der Waals surface area contributed by atoms with Gasteiger partial charge >= 0.3 is 0 Å². The quantitative estimate of drug-likeness (QED) is 0.765. The van der Waals surface area contributed by atoms with Crippen molar-refractivity contribution >= 4 is 27.5 Å². The molecular formula is C19H24BrClN2O+2. The van der Waals surface area contributed by atoms with Gasteiger partial charge in [0.1, 0.15) is 45.0 Å². The van der Waals surface area contributed by atoms with E-state index in [1.807, 2.05) is 18.2 Å². The van der Waals surface area contributed by atoms with Crippen LogP contribution in [0.25, 0.3) is 0 Å². The molecule has 0 amide bonds. The average molecular weight is 412 g/mol. The van der Waals surface area contributed by atoms with Gasteiger partial charge in [0.25, 0.3) is 0 Å². The van der Waals surface area contributed by atoms with Crippen molar-refractivity contribution in [1.29, 1.82) is 0 Å². The van der Waals surface area contributed by atoms with Crippen molar-refractivity contribution in [2.75, 3.05) is 33.3 Å². The summed E-state index contributed by atoms with van der Waals surface area (Å²) in [4.78, 5) is 3.30. The summed E-state index contributed by atoms with van der Waals surface area (Å²) in [6.45, 7) is 6.98. The maximum atomic E-state index is 6.08. The minimum atomic E-state index is 0.834. The van der Waals surface area contributed by atoms with E-state index in [1.165, 1.54) is 37.3 Å². The summed E-state index contributed by atoms with van der Waals surface area (Å²) < 4.78 is 6.34. The number of nitrogens with one attached hydrogen (secondary N) is 2. The van der Waals surface area contributed by atoms with Crippen molar-refractivity contribution in [1.82, 2.24) is 0 Å². The van der Waals surface area contributed by atoms with Gasteiger partial charge in [-0.2, -0.15) is 0 Å². The summed E-state index contributed by atoms with van der Waals surface area (Å²) >= 11 is 9.66. The highest BCUT2D eigenvalue weighted by Gasteiger charge is 2.23. The predicted molar refractivity (Wildman–Crippen MR) is 101 cm³/mol. The molecule has 128 valence electrons. The molecule has 0 radical (unpaired) electrons. The molecule has 3 nitrogen and oxygen atoms in total. The van der Waals surface area contributed by atoms with Crippen LogP contribution < -0.4 is 14.5 Å². The zero-order valence-corrected chi connectivity index (χ0v) is 16.3. The van der Waals surface area contributed by atoms with Gasteiger partial charge in [0, 0.05) is 16.1 Å². The first-order valence-corrected chi connectivity index (χ1v) is 9.55. The molecule has 1 fully saturated rings. The molecule has 0 atom stereocenters. The lowest BCUT2D eigenvalue weighted by Crippen LogP contribution is -3.27. The first-order valence-electron chi connectivity index (χ1n) is 8.38. The van der Waals surface area contributed by atoms with Crippen LogP contribution in [0.2, 0.25) is 5.02 Å². The van der Waals surface area contributed by atoms with Crippen molar-refractivity contribution in [3.8, 4) is 5.75 Å². The van der Waals surface area contributed by atoms with Crippen LogP contribution in [0.3, 0.4) is 0 Å². The van der Waals surface area contributed by atoms with Gasteiger partial charge < -0.3 is 14.5 Å². The van der Waals surface area contributed by atoms with Gasteiger partial charge in [0.15, 0.2) is 0 Å². The Bertz CT molecular complexity index is 687. The van der Waals surface area contributed by atoms with Crippen molar-refractivity contribution in [2.45, 2.75) is 13.1 Å². The molecule has 2 aromatic rings. The molecule has 0 spiro atoms. The molecule has 2 aromatic carbocycles. The molecule has 0 aromatic heterocycles. The molecule has 2 N–H and O–H groups in total. The lowest BCUT2D eigenvalue weighted by atomic mass is 10.1. The number of ether oxygens (including phenoxy) is 1. The first-order chi connectivity index (χ1) is 11.6. The van der Waals surface area contributed by atoms with Gasteiger partial charge in [0.2, 0.25) is 0 Å². The molecule has 1 saturated heterocycles. The van der Waals surface area contributed by atoms with E-state index in [1.54, 1.807) is 16.9 Å². The van der Waals surface area contributed by atoms with E-state index in [9.17, 15) is 0 Å². The number of piperazine rings is 1. The van der Waals surface area contributed by atoms with Crippen LogP contribution in [0.15, 0.2) is 46.9 Å². The average Bonchev–Trinajstić information content (AvgIpc) is 2.57. The number of hydrogen-bond acceptors (Lipinski definition) is 1. The van der Waals surface area contributed by atoms with Crippen LogP contribution in [-0.4, -0.2) is 33.3 Å². The summed E-state index contributed by atoms with van der Waals surface area (Å²) in [5, 5.41) is 0.834. The second-order valence-electron chi connectivity index (χ2n) is 6.45. The second kappa shape index (κ2) is 8.34. The Morgan fingerprint density at radius 2 is 1.58 bits per heavy atom. The number of halogens is 2. The third-order valence-corrected chi connectivity index (χ3v) is 5.53. The first kappa shape index (κ1) is 17.7. The SMILES string of the molecule is COc1ccc(C[NH+]2CC[NH+](Cc3cccc(Cl)c3)CC2)cc1Br. The summed E-state index contributed by atoms with van der Waals surface area (Å²) in [6, 6.07) is 14.6. The van der Waals surface area contributed by atoms with Crippen LogP contribution in [0.4, 0.5) is 0 Å². The van der Waals surface area contributed by atoms with Crippen LogP contribution in [0, 0.1) is 0 Å². The highest BCUT2D eigenvalue weighted by atomic mass is 79.9. The number of methoxy groups -OCH3 is 1. The van der Waals surface area contributed by atoms with Crippen LogP contribution in [0.5, 0.6) is 5.75 Å². The largest absolute Gasteiger partial charge is 0.496 e. The molecule has 0 saturated carbocycles. The molecule has 24 heavy (non-hydrogen) atoms. The zero-order valence-electron chi connectivity index (χ0n) is 13.9. The number of rotatable bonds is 5. The minimum Gasteiger partial charge on any atom is -0.496 e. The molecule has 1 aliphatic heterocycles. The van der Waals surface area contributed by atoms with Crippen molar-refractivity contribution < 1.29 is 14.5 Å². The molecule has 5 heteroatoms. The number of benzene rings is 2. The summed E-state index contributed by atoms with van der Waals surface area (Å²) in [6.07, 6.45) is 0. The molecular weight excluding hydrogens is 388 g/mol. The number of hydrogen-bond donors (Lipinski definition) is 2. The van der Waals surface area contributed by atoms with Gasteiger partial charge in [-0.25, -0.2) is 0 Å². The Morgan fingerprint density at radius 1 is 0.958 bits per heavy atom. The van der Waals surface area contributed by atoms with Gasteiger partial charge in [-0.1, -0.05) is 23.7 Å². The van der Waals surface area contributed by atoms with Crippen LogP contribution in [0.1, 0.15) is 11.1 Å². The zero-order chi connectivity index (χ0) is 16.9. The fourth-order valence-electron chi connectivity index (χ4n) is 3.35.